The van der Waals surface area contributed by atoms with Gasteiger partial charge in [0, 0.05) is 0 Å². The maximum absolute atomic E-state index is 11.7. The zero-order valence-corrected chi connectivity index (χ0v) is 10.6. The zero-order valence-electron chi connectivity index (χ0n) is 10.6. The molecule has 1 heterocycles. The van der Waals surface area contributed by atoms with E-state index in [9.17, 15) is 19.2 Å². The maximum Gasteiger partial charge on any atom is 0.329 e. The second-order valence-electron chi connectivity index (χ2n) is 4.14. The first-order chi connectivity index (χ1) is 8.32. The number of carbonyl (C=O) groups is 4. The van der Waals surface area contributed by atoms with Gasteiger partial charge in [0.2, 0.25) is 5.91 Å². The zero-order chi connectivity index (χ0) is 14.1. The molecule has 0 saturated carbocycles. The molecule has 0 aliphatic carbocycles. The van der Waals surface area contributed by atoms with Crippen LogP contribution in [0.5, 0.6) is 0 Å². The highest BCUT2D eigenvalue weighted by Crippen LogP contribution is 2.33. The highest BCUT2D eigenvalue weighted by atomic mass is 16.5. The summed E-state index contributed by atoms with van der Waals surface area (Å²) in [5.41, 5.74) is 3.50. The van der Waals surface area contributed by atoms with Gasteiger partial charge in [0.1, 0.15) is 6.04 Å². The van der Waals surface area contributed by atoms with E-state index in [2.05, 4.69) is 4.74 Å². The van der Waals surface area contributed by atoms with Gasteiger partial charge >= 0.3 is 5.97 Å². The number of primary amides is 1. The number of esters is 1. The van der Waals surface area contributed by atoms with E-state index >= 15 is 0 Å². The Morgan fingerprint density at radius 1 is 1.50 bits per heavy atom. The summed E-state index contributed by atoms with van der Waals surface area (Å²) in [6.07, 6.45) is -0.0497. The van der Waals surface area contributed by atoms with E-state index in [1.165, 1.54) is 14.0 Å². The van der Waals surface area contributed by atoms with Gasteiger partial charge in [0.15, 0.2) is 11.3 Å². The molecular weight excluding hydrogens is 240 g/mol. The molecule has 100 valence electrons. The third-order valence-electron chi connectivity index (χ3n) is 3.33. The molecule has 2 N–H and O–H groups in total. The second kappa shape index (κ2) is 4.75. The van der Waals surface area contributed by atoms with Gasteiger partial charge in [-0.25, -0.2) is 4.79 Å². The lowest BCUT2D eigenvalue weighted by Gasteiger charge is -2.48. The number of likely N-dealkylation sites (tertiary alicyclic amines) is 1. The number of rotatable bonds is 5. The van der Waals surface area contributed by atoms with E-state index in [4.69, 9.17) is 5.73 Å². The van der Waals surface area contributed by atoms with Crippen LogP contribution in [0.25, 0.3) is 0 Å². The maximum atomic E-state index is 11.7. The number of methoxy groups -OCH3 is 1. The average molecular weight is 256 g/mol. The summed E-state index contributed by atoms with van der Waals surface area (Å²) in [4.78, 5) is 47.4. The van der Waals surface area contributed by atoms with Crippen LogP contribution >= 0.6 is 0 Å². The third kappa shape index (κ3) is 1.75. The van der Waals surface area contributed by atoms with Crippen molar-refractivity contribution >= 4 is 23.6 Å². The Kier molecular flexibility index (Phi) is 3.73. The summed E-state index contributed by atoms with van der Waals surface area (Å²) >= 11 is 0. The predicted molar refractivity (Wildman–Crippen MR) is 60.2 cm³/mol. The first-order valence-corrected chi connectivity index (χ1v) is 5.53. The van der Waals surface area contributed by atoms with Crippen molar-refractivity contribution in [3.8, 4) is 0 Å². The SMILES string of the molecule is CCC(C(C)=O)(C(N)=O)N1C(=O)CC1C(=O)OC. The number of nitrogens with zero attached hydrogens (tertiary/aromatic N) is 1. The number of ketones is 1. The van der Waals surface area contributed by atoms with Gasteiger partial charge in [-0.15, -0.1) is 0 Å². The van der Waals surface area contributed by atoms with Crippen LogP contribution in [0.15, 0.2) is 0 Å². The molecule has 1 rings (SSSR count). The molecule has 0 aromatic carbocycles. The van der Waals surface area contributed by atoms with Crippen LogP contribution < -0.4 is 5.73 Å². The normalized spacial score (nSPS) is 21.8. The molecule has 7 nitrogen and oxygen atoms in total. The molecule has 2 unspecified atom stereocenters. The largest absolute Gasteiger partial charge is 0.467 e. The van der Waals surface area contributed by atoms with Gasteiger partial charge in [-0.3, -0.25) is 14.4 Å². The van der Waals surface area contributed by atoms with E-state index in [0.29, 0.717) is 0 Å². The van der Waals surface area contributed by atoms with Crippen molar-refractivity contribution in [3.05, 3.63) is 0 Å². The number of β-lactam (4-membered cyclic amide) rings is 1. The minimum Gasteiger partial charge on any atom is -0.467 e. The molecule has 1 aliphatic rings. The fourth-order valence-electron chi connectivity index (χ4n) is 2.28. The lowest BCUT2D eigenvalue weighted by atomic mass is 9.82. The number of nitrogens with two attached hydrogens (primary N) is 1. The molecular formula is C11H16N2O5. The molecule has 0 aromatic rings. The van der Waals surface area contributed by atoms with Crippen LogP contribution in [0.3, 0.4) is 0 Å². The standard InChI is InChI=1S/C11H16N2O5/c1-4-11(6(2)14,10(12)17)13-7(5-8(13)15)9(16)18-3/h7H,4-5H2,1-3H3,(H2,12,17). The summed E-state index contributed by atoms with van der Waals surface area (Å²) in [5.74, 6) is -2.60. The van der Waals surface area contributed by atoms with Gasteiger partial charge in [-0.2, -0.15) is 0 Å². The van der Waals surface area contributed by atoms with Crippen molar-refractivity contribution in [2.75, 3.05) is 7.11 Å². The third-order valence-corrected chi connectivity index (χ3v) is 3.33. The molecule has 0 spiro atoms. The van der Waals surface area contributed by atoms with Crippen molar-refractivity contribution in [2.45, 2.75) is 38.3 Å². The predicted octanol–water partition coefficient (Wildman–Crippen LogP) is -1.02. The van der Waals surface area contributed by atoms with Crippen LogP contribution in [-0.2, 0) is 23.9 Å². The Labute approximate surface area is 104 Å². The van der Waals surface area contributed by atoms with Crippen molar-refractivity contribution in [1.82, 2.24) is 4.90 Å². The second-order valence-corrected chi connectivity index (χ2v) is 4.14. The fraction of sp³-hybridized carbons (Fsp3) is 0.636. The molecule has 18 heavy (non-hydrogen) atoms. The Balaban J connectivity index is 3.20. The Morgan fingerprint density at radius 3 is 2.33 bits per heavy atom. The minimum atomic E-state index is -1.76. The van der Waals surface area contributed by atoms with Gasteiger partial charge in [0.25, 0.3) is 5.91 Å². The first-order valence-electron chi connectivity index (χ1n) is 5.53. The van der Waals surface area contributed by atoms with Crippen LogP contribution in [0, 0.1) is 0 Å². The van der Waals surface area contributed by atoms with E-state index in [1.54, 1.807) is 6.92 Å². The van der Waals surface area contributed by atoms with Crippen LogP contribution in [-0.4, -0.2) is 47.2 Å². The summed E-state index contributed by atoms with van der Waals surface area (Å²) in [6.45, 7) is 2.74. The minimum absolute atomic E-state index is 0.0247. The Bertz CT molecular complexity index is 404. The summed E-state index contributed by atoms with van der Waals surface area (Å²) in [6, 6.07) is -0.918. The number of carbonyl (C=O) groups excluding carboxylic acids is 4. The molecule has 2 amide bonds. The molecule has 1 aliphatic heterocycles. The van der Waals surface area contributed by atoms with E-state index < -0.39 is 35.1 Å². The van der Waals surface area contributed by atoms with E-state index in [0.717, 1.165) is 4.90 Å². The quantitative estimate of drug-likeness (QED) is 0.385. The number of amides is 2. The summed E-state index contributed by atoms with van der Waals surface area (Å²) in [7, 11) is 1.18. The van der Waals surface area contributed by atoms with Gasteiger partial charge in [-0.1, -0.05) is 6.92 Å². The van der Waals surface area contributed by atoms with Crippen molar-refractivity contribution in [1.29, 1.82) is 0 Å². The van der Waals surface area contributed by atoms with Crippen molar-refractivity contribution in [2.24, 2.45) is 5.73 Å². The van der Waals surface area contributed by atoms with E-state index in [-0.39, 0.29) is 12.8 Å². The Hall–Kier alpha value is -1.92. The molecule has 2 atom stereocenters. The highest BCUT2D eigenvalue weighted by molar-refractivity contribution is 6.14. The van der Waals surface area contributed by atoms with Crippen LogP contribution in [0.4, 0.5) is 0 Å². The number of hydrogen-bond donors (Lipinski definition) is 1. The summed E-state index contributed by atoms with van der Waals surface area (Å²) in [5, 5.41) is 0. The highest BCUT2D eigenvalue weighted by Gasteiger charge is 2.58. The number of Topliss-reactive ketones (excluding diaryl/α,β-unsaturated/α-hetero) is 1. The van der Waals surface area contributed by atoms with Gasteiger partial charge < -0.3 is 15.4 Å². The van der Waals surface area contributed by atoms with Gasteiger partial charge in [0.05, 0.1) is 13.5 Å². The molecule has 1 saturated heterocycles. The molecule has 0 bridgehead atoms. The first kappa shape index (κ1) is 14.1. The van der Waals surface area contributed by atoms with Gasteiger partial charge in [-0.05, 0) is 13.3 Å². The topological polar surface area (TPSA) is 107 Å². The lowest BCUT2D eigenvalue weighted by Crippen LogP contribution is -2.73. The summed E-state index contributed by atoms with van der Waals surface area (Å²) < 4.78 is 4.54. The molecule has 1 fully saturated rings. The number of ether oxygens (including phenoxy) is 1. The average Bonchev–Trinajstić information content (AvgIpc) is 2.30. The van der Waals surface area contributed by atoms with E-state index in [1.807, 2.05) is 0 Å². The molecule has 7 heteroatoms. The smallest absolute Gasteiger partial charge is 0.329 e. The van der Waals surface area contributed by atoms with Crippen molar-refractivity contribution < 1.29 is 23.9 Å². The van der Waals surface area contributed by atoms with Crippen LogP contribution in [0.2, 0.25) is 0 Å². The van der Waals surface area contributed by atoms with Crippen LogP contribution in [0.1, 0.15) is 26.7 Å². The lowest BCUT2D eigenvalue weighted by molar-refractivity contribution is -0.178. The fourth-order valence-corrected chi connectivity index (χ4v) is 2.28. The number of hydrogen-bond acceptors (Lipinski definition) is 5. The Morgan fingerprint density at radius 2 is 2.06 bits per heavy atom. The molecule has 0 aromatic heterocycles. The van der Waals surface area contributed by atoms with Crippen molar-refractivity contribution in [3.63, 3.8) is 0 Å². The molecule has 0 radical (unpaired) electrons. The monoisotopic (exact) mass is 256 g/mol.